The molecule has 1 aromatic rings. The molecule has 0 spiro atoms. The van der Waals surface area contributed by atoms with E-state index in [-0.39, 0.29) is 25.4 Å². The lowest BCUT2D eigenvalue weighted by Gasteiger charge is -2.32. The van der Waals surface area contributed by atoms with Crippen molar-refractivity contribution in [3.05, 3.63) is 48.0 Å². The van der Waals surface area contributed by atoms with E-state index in [4.69, 9.17) is 9.47 Å². The number of esters is 2. The van der Waals surface area contributed by atoms with Gasteiger partial charge < -0.3 is 9.47 Å². The van der Waals surface area contributed by atoms with Crippen molar-refractivity contribution >= 4 is 17.7 Å². The van der Waals surface area contributed by atoms with Gasteiger partial charge in [-0.05, 0) is 31.7 Å². The second kappa shape index (κ2) is 9.16. The first kappa shape index (κ1) is 18.9. The molecular formula is C20H24O5. The molecule has 0 N–H and O–H groups in total. The van der Waals surface area contributed by atoms with Crippen LogP contribution in [0.25, 0.3) is 0 Å². The molecule has 1 atom stereocenters. The van der Waals surface area contributed by atoms with E-state index in [1.54, 1.807) is 13.0 Å². The van der Waals surface area contributed by atoms with E-state index in [0.717, 1.165) is 18.4 Å². The molecule has 0 bridgehead atoms. The second-order valence-corrected chi connectivity index (χ2v) is 6.13. The maximum atomic E-state index is 12.4. The van der Waals surface area contributed by atoms with E-state index >= 15 is 0 Å². The van der Waals surface area contributed by atoms with Crippen LogP contribution in [0.1, 0.15) is 44.6 Å². The van der Waals surface area contributed by atoms with Crippen molar-refractivity contribution in [2.75, 3.05) is 6.61 Å². The molecule has 0 saturated heterocycles. The summed E-state index contributed by atoms with van der Waals surface area (Å²) >= 11 is 0. The van der Waals surface area contributed by atoms with Crippen molar-refractivity contribution in [1.82, 2.24) is 0 Å². The van der Waals surface area contributed by atoms with Gasteiger partial charge >= 0.3 is 11.9 Å². The largest absolute Gasteiger partial charge is 0.465 e. The zero-order valence-electron chi connectivity index (χ0n) is 14.5. The molecule has 1 aliphatic carbocycles. The Morgan fingerprint density at radius 2 is 1.92 bits per heavy atom. The Morgan fingerprint density at radius 1 is 1.16 bits per heavy atom. The van der Waals surface area contributed by atoms with Gasteiger partial charge in [-0.1, -0.05) is 42.8 Å². The van der Waals surface area contributed by atoms with Gasteiger partial charge in [0.15, 0.2) is 0 Å². The first-order valence-corrected chi connectivity index (χ1v) is 8.66. The monoisotopic (exact) mass is 344 g/mol. The molecule has 5 nitrogen and oxygen atoms in total. The SMILES string of the molecule is CCOC(=O)C1(C/C=C/C(=O)OCc2ccccc2)CCCCC1=O. The molecule has 134 valence electrons. The average Bonchev–Trinajstić information content (AvgIpc) is 2.63. The number of allylic oxidation sites excluding steroid dienone is 1. The normalized spacial score (nSPS) is 20.4. The van der Waals surface area contributed by atoms with Gasteiger partial charge in [-0.2, -0.15) is 0 Å². The second-order valence-electron chi connectivity index (χ2n) is 6.13. The number of ether oxygens (including phenoxy) is 2. The summed E-state index contributed by atoms with van der Waals surface area (Å²) in [6.07, 6.45) is 5.45. The molecule has 0 amide bonds. The first-order valence-electron chi connectivity index (χ1n) is 8.66. The van der Waals surface area contributed by atoms with Crippen LogP contribution in [0.2, 0.25) is 0 Å². The summed E-state index contributed by atoms with van der Waals surface area (Å²) in [4.78, 5) is 36.5. The lowest BCUT2D eigenvalue weighted by atomic mass is 9.70. The summed E-state index contributed by atoms with van der Waals surface area (Å²) in [6.45, 7) is 2.14. The number of ketones is 1. The highest BCUT2D eigenvalue weighted by molar-refractivity contribution is 6.04. The highest BCUT2D eigenvalue weighted by atomic mass is 16.5. The first-order chi connectivity index (χ1) is 12.1. The molecule has 5 heteroatoms. The van der Waals surface area contributed by atoms with Crippen molar-refractivity contribution in [2.24, 2.45) is 5.41 Å². The molecule has 2 rings (SSSR count). The number of Topliss-reactive ketones (excluding diaryl/α,β-unsaturated/α-hetero) is 1. The van der Waals surface area contributed by atoms with Gasteiger partial charge in [0.2, 0.25) is 0 Å². The Morgan fingerprint density at radius 3 is 2.60 bits per heavy atom. The molecule has 1 unspecified atom stereocenters. The van der Waals surface area contributed by atoms with Crippen LogP contribution in [-0.4, -0.2) is 24.3 Å². The molecule has 0 aromatic heterocycles. The van der Waals surface area contributed by atoms with E-state index < -0.39 is 17.4 Å². The Kier molecular flexibility index (Phi) is 6.92. The van der Waals surface area contributed by atoms with Crippen LogP contribution in [0.3, 0.4) is 0 Å². The molecule has 1 aromatic carbocycles. The lowest BCUT2D eigenvalue weighted by molar-refractivity contribution is -0.162. The molecule has 1 aliphatic rings. The van der Waals surface area contributed by atoms with Crippen molar-refractivity contribution in [3.8, 4) is 0 Å². The average molecular weight is 344 g/mol. The summed E-state index contributed by atoms with van der Waals surface area (Å²) in [5.74, 6) is -1.08. The predicted molar refractivity (Wildman–Crippen MR) is 92.5 cm³/mol. The van der Waals surface area contributed by atoms with E-state index in [9.17, 15) is 14.4 Å². The number of hydrogen-bond donors (Lipinski definition) is 0. The Labute approximate surface area is 148 Å². The van der Waals surface area contributed by atoms with Crippen LogP contribution in [0.15, 0.2) is 42.5 Å². The van der Waals surface area contributed by atoms with E-state index in [2.05, 4.69) is 0 Å². The quantitative estimate of drug-likeness (QED) is 0.431. The minimum absolute atomic E-state index is 0.0977. The fourth-order valence-corrected chi connectivity index (χ4v) is 3.01. The fraction of sp³-hybridized carbons (Fsp3) is 0.450. The third kappa shape index (κ3) is 5.02. The van der Waals surface area contributed by atoms with Crippen LogP contribution in [0.5, 0.6) is 0 Å². The van der Waals surface area contributed by atoms with Crippen molar-refractivity contribution in [3.63, 3.8) is 0 Å². The van der Waals surface area contributed by atoms with Gasteiger partial charge in [0.1, 0.15) is 17.8 Å². The Balaban J connectivity index is 1.95. The van der Waals surface area contributed by atoms with Gasteiger partial charge in [-0.3, -0.25) is 9.59 Å². The summed E-state index contributed by atoms with van der Waals surface area (Å²) in [6, 6.07) is 9.37. The topological polar surface area (TPSA) is 69.7 Å². The number of rotatable bonds is 7. The van der Waals surface area contributed by atoms with Gasteiger partial charge in [0.25, 0.3) is 0 Å². The number of hydrogen-bond acceptors (Lipinski definition) is 5. The molecule has 0 radical (unpaired) electrons. The van der Waals surface area contributed by atoms with Gasteiger partial charge in [-0.15, -0.1) is 0 Å². The predicted octanol–water partition coefficient (Wildman–Crippen LogP) is 3.37. The van der Waals surface area contributed by atoms with E-state index in [1.807, 2.05) is 30.3 Å². The molecule has 1 saturated carbocycles. The lowest BCUT2D eigenvalue weighted by Crippen LogP contribution is -2.42. The summed E-state index contributed by atoms with van der Waals surface area (Å²) in [5, 5.41) is 0. The minimum atomic E-state index is -1.15. The molecular weight excluding hydrogens is 320 g/mol. The van der Waals surface area contributed by atoms with Crippen LogP contribution in [-0.2, 0) is 30.5 Å². The van der Waals surface area contributed by atoms with Crippen molar-refractivity contribution in [1.29, 1.82) is 0 Å². The maximum absolute atomic E-state index is 12.4. The number of carbonyl (C=O) groups is 3. The number of carbonyl (C=O) groups excluding carboxylic acids is 3. The summed E-state index contributed by atoms with van der Waals surface area (Å²) in [5.41, 5.74) is -0.250. The molecule has 0 aliphatic heterocycles. The van der Waals surface area contributed by atoms with Gasteiger partial charge in [-0.25, -0.2) is 4.79 Å². The third-order valence-corrected chi connectivity index (χ3v) is 4.40. The minimum Gasteiger partial charge on any atom is -0.465 e. The van der Waals surface area contributed by atoms with E-state index in [1.165, 1.54) is 6.08 Å². The molecule has 0 heterocycles. The molecule has 1 fully saturated rings. The zero-order chi connectivity index (χ0) is 18.1. The third-order valence-electron chi connectivity index (χ3n) is 4.40. The zero-order valence-corrected chi connectivity index (χ0v) is 14.5. The maximum Gasteiger partial charge on any atom is 0.330 e. The van der Waals surface area contributed by atoms with Crippen LogP contribution < -0.4 is 0 Å². The Hall–Kier alpha value is -2.43. The number of benzene rings is 1. The Bertz CT molecular complexity index is 635. The molecule has 25 heavy (non-hydrogen) atoms. The summed E-state index contributed by atoms with van der Waals surface area (Å²) < 4.78 is 10.3. The smallest absolute Gasteiger partial charge is 0.330 e. The highest BCUT2D eigenvalue weighted by Crippen LogP contribution is 2.38. The fourth-order valence-electron chi connectivity index (χ4n) is 3.01. The van der Waals surface area contributed by atoms with Gasteiger partial charge in [0.05, 0.1) is 6.61 Å². The van der Waals surface area contributed by atoms with Gasteiger partial charge in [0, 0.05) is 12.5 Å². The van der Waals surface area contributed by atoms with Crippen molar-refractivity contribution < 1.29 is 23.9 Å². The van der Waals surface area contributed by atoms with Crippen LogP contribution in [0, 0.1) is 5.41 Å². The van der Waals surface area contributed by atoms with Crippen LogP contribution >= 0.6 is 0 Å². The van der Waals surface area contributed by atoms with Crippen LogP contribution in [0.4, 0.5) is 0 Å². The highest BCUT2D eigenvalue weighted by Gasteiger charge is 2.46. The van der Waals surface area contributed by atoms with E-state index in [0.29, 0.717) is 12.8 Å². The summed E-state index contributed by atoms with van der Waals surface area (Å²) in [7, 11) is 0. The van der Waals surface area contributed by atoms with Crippen molar-refractivity contribution in [2.45, 2.75) is 45.6 Å². The standard InChI is InChI=1S/C20H24O5/c1-2-24-19(23)20(13-7-6-11-17(20)21)14-8-12-18(22)25-15-16-9-4-3-5-10-16/h3-5,8-10,12H,2,6-7,11,13-15H2,1H3/b12-8+.